The van der Waals surface area contributed by atoms with Crippen molar-refractivity contribution < 1.29 is 20.1 Å². The molecule has 0 aliphatic heterocycles. The third kappa shape index (κ3) is 14.1. The van der Waals surface area contributed by atoms with Gasteiger partial charge in [0.25, 0.3) is 5.91 Å². The van der Waals surface area contributed by atoms with Crippen molar-refractivity contribution in [2.45, 2.75) is 128 Å². The average Bonchev–Trinajstić information content (AvgIpc) is 2.85. The van der Waals surface area contributed by atoms with E-state index < -0.39 is 24.2 Å². The Hall–Kier alpha value is -1.43. The molecule has 196 valence electrons. The van der Waals surface area contributed by atoms with Crippen molar-refractivity contribution in [3.05, 3.63) is 35.9 Å². The third-order valence-electron chi connectivity index (χ3n) is 6.71. The summed E-state index contributed by atoms with van der Waals surface area (Å²) < 4.78 is 0. The maximum absolute atomic E-state index is 12.3. The number of aliphatic hydroxyl groups is 3. The molecule has 1 aromatic carbocycles. The number of carbonyl (C=O) groups is 1. The van der Waals surface area contributed by atoms with Gasteiger partial charge in [-0.15, -0.1) is 0 Å². The largest absolute Gasteiger partial charge is 0.393 e. The van der Waals surface area contributed by atoms with Gasteiger partial charge in [-0.2, -0.15) is 0 Å². The molecule has 0 heterocycles. The van der Waals surface area contributed by atoms with Crippen LogP contribution in [0.15, 0.2) is 30.3 Å². The zero-order valence-electron chi connectivity index (χ0n) is 21.6. The number of amides is 1. The van der Waals surface area contributed by atoms with Crippen LogP contribution >= 0.6 is 0 Å². The van der Waals surface area contributed by atoms with Crippen LogP contribution in [0.25, 0.3) is 0 Å². The number of nitrogens with one attached hydrogen (secondary N) is 1. The van der Waals surface area contributed by atoms with Crippen molar-refractivity contribution in [1.29, 1.82) is 0 Å². The van der Waals surface area contributed by atoms with E-state index in [2.05, 4.69) is 12.2 Å². The highest BCUT2D eigenvalue weighted by Gasteiger charge is 2.39. The lowest BCUT2D eigenvalue weighted by atomic mass is 9.89. The maximum Gasteiger partial charge on any atom is 0.251 e. The molecule has 0 fully saturated rings. The molecule has 5 heteroatoms. The van der Waals surface area contributed by atoms with E-state index in [0.717, 1.165) is 24.8 Å². The molecule has 0 aromatic heterocycles. The van der Waals surface area contributed by atoms with Gasteiger partial charge in [-0.25, -0.2) is 0 Å². The van der Waals surface area contributed by atoms with Crippen molar-refractivity contribution in [3.8, 4) is 0 Å². The van der Waals surface area contributed by atoms with Crippen LogP contribution in [-0.4, -0.2) is 46.1 Å². The number of carbonyl (C=O) groups excluding carboxylic acids is 1. The van der Waals surface area contributed by atoms with Crippen molar-refractivity contribution in [2.24, 2.45) is 0 Å². The van der Waals surface area contributed by atoms with Gasteiger partial charge >= 0.3 is 0 Å². The van der Waals surface area contributed by atoms with Gasteiger partial charge in [-0.1, -0.05) is 134 Å². The van der Waals surface area contributed by atoms with Crippen LogP contribution in [0.2, 0.25) is 0 Å². The number of hydrogen-bond acceptors (Lipinski definition) is 4. The van der Waals surface area contributed by atoms with Crippen LogP contribution in [-0.2, 0) is 11.2 Å². The predicted molar refractivity (Wildman–Crippen MR) is 141 cm³/mol. The van der Waals surface area contributed by atoms with Crippen molar-refractivity contribution >= 4 is 5.91 Å². The van der Waals surface area contributed by atoms with Crippen LogP contribution in [0, 0.1) is 0 Å². The summed E-state index contributed by atoms with van der Waals surface area (Å²) in [6, 6.07) is 9.07. The molecule has 0 spiro atoms. The van der Waals surface area contributed by atoms with Crippen LogP contribution in [0.4, 0.5) is 0 Å². The van der Waals surface area contributed by atoms with Crippen LogP contribution in [0.5, 0.6) is 0 Å². The van der Waals surface area contributed by atoms with Crippen molar-refractivity contribution in [1.82, 2.24) is 5.32 Å². The van der Waals surface area contributed by atoms with Gasteiger partial charge in [0.1, 0.15) is 5.60 Å². The van der Waals surface area contributed by atoms with Crippen LogP contribution < -0.4 is 5.32 Å². The highest BCUT2D eigenvalue weighted by Crippen LogP contribution is 2.18. The molecule has 1 amide bonds. The SMILES string of the molecule is CCCCCCCCCCCCCCCCCCNC(=O)C(O)C(O)(CO)Cc1ccccc1. The Kier molecular flexibility index (Phi) is 17.8. The number of unbranched alkanes of at least 4 members (excludes halogenated alkanes) is 15. The van der Waals surface area contributed by atoms with E-state index in [4.69, 9.17) is 0 Å². The molecule has 0 saturated carbocycles. The summed E-state index contributed by atoms with van der Waals surface area (Å²) in [4.78, 5) is 12.3. The second-order valence-electron chi connectivity index (χ2n) is 9.92. The molecule has 4 N–H and O–H groups in total. The van der Waals surface area contributed by atoms with Crippen molar-refractivity contribution in [2.75, 3.05) is 13.2 Å². The Morgan fingerprint density at radius 1 is 0.794 bits per heavy atom. The smallest absolute Gasteiger partial charge is 0.251 e. The van der Waals surface area contributed by atoms with Gasteiger partial charge < -0.3 is 20.6 Å². The summed E-state index contributed by atoms with van der Waals surface area (Å²) in [6.45, 7) is 2.05. The highest BCUT2D eigenvalue weighted by molar-refractivity contribution is 5.81. The molecule has 34 heavy (non-hydrogen) atoms. The molecule has 0 radical (unpaired) electrons. The molecule has 2 atom stereocenters. The molecule has 0 aliphatic carbocycles. The summed E-state index contributed by atoms with van der Waals surface area (Å²) >= 11 is 0. The Labute approximate surface area is 208 Å². The first kappa shape index (κ1) is 30.6. The molecule has 1 rings (SSSR count). The van der Waals surface area contributed by atoms with E-state index >= 15 is 0 Å². The minimum atomic E-state index is -1.89. The first-order chi connectivity index (χ1) is 16.5. The zero-order valence-corrected chi connectivity index (χ0v) is 21.6. The summed E-state index contributed by atoms with van der Waals surface area (Å²) in [5, 5.41) is 33.2. The van der Waals surface area contributed by atoms with E-state index in [-0.39, 0.29) is 6.42 Å². The maximum atomic E-state index is 12.3. The Morgan fingerprint density at radius 3 is 1.68 bits per heavy atom. The fourth-order valence-corrected chi connectivity index (χ4v) is 4.41. The molecule has 0 saturated heterocycles. The molecular weight excluding hydrogens is 426 g/mol. The zero-order chi connectivity index (χ0) is 24.9. The van der Waals surface area contributed by atoms with Gasteiger partial charge in [0.05, 0.1) is 6.61 Å². The molecule has 5 nitrogen and oxygen atoms in total. The van der Waals surface area contributed by atoms with Gasteiger partial charge in [-0.05, 0) is 12.0 Å². The number of aliphatic hydroxyl groups excluding tert-OH is 2. The number of hydrogen-bond donors (Lipinski definition) is 4. The Morgan fingerprint density at radius 2 is 1.24 bits per heavy atom. The molecular formula is C29H51NO4. The number of rotatable bonds is 22. The molecule has 2 unspecified atom stereocenters. The average molecular weight is 478 g/mol. The standard InChI is InChI=1S/C29H51NO4/c1-2-3-4-5-6-7-8-9-10-11-12-13-14-15-16-20-23-30-28(33)27(32)29(34,25-31)24-26-21-18-17-19-22-26/h17-19,21-22,27,31-32,34H,2-16,20,23-25H2,1H3,(H,30,33). The summed E-state index contributed by atoms with van der Waals surface area (Å²) in [5.41, 5.74) is -1.14. The minimum Gasteiger partial charge on any atom is -0.393 e. The van der Waals surface area contributed by atoms with Gasteiger partial charge in [-0.3, -0.25) is 4.79 Å². The van der Waals surface area contributed by atoms with E-state index in [1.165, 1.54) is 83.5 Å². The van der Waals surface area contributed by atoms with Gasteiger partial charge in [0, 0.05) is 13.0 Å². The quantitative estimate of drug-likeness (QED) is 0.161. The van der Waals surface area contributed by atoms with E-state index in [1.54, 1.807) is 12.1 Å². The molecule has 0 aliphatic rings. The predicted octanol–water partition coefficient (Wildman–Crippen LogP) is 5.69. The second-order valence-corrected chi connectivity index (χ2v) is 9.92. The molecule has 0 bridgehead atoms. The second kappa shape index (κ2) is 19.8. The monoisotopic (exact) mass is 477 g/mol. The lowest BCUT2D eigenvalue weighted by Crippen LogP contribution is -2.55. The first-order valence-corrected chi connectivity index (χ1v) is 13.9. The third-order valence-corrected chi connectivity index (χ3v) is 6.71. The summed E-state index contributed by atoms with van der Waals surface area (Å²) in [6.07, 6.45) is 19.1. The van der Waals surface area contributed by atoms with Gasteiger partial charge in [0.2, 0.25) is 0 Å². The normalized spacial score (nSPS) is 14.0. The Bertz CT molecular complexity index is 609. The minimum absolute atomic E-state index is 0.0119. The van der Waals surface area contributed by atoms with Crippen LogP contribution in [0.1, 0.15) is 115 Å². The lowest BCUT2D eigenvalue weighted by Gasteiger charge is -2.30. The van der Waals surface area contributed by atoms with E-state index in [9.17, 15) is 20.1 Å². The van der Waals surface area contributed by atoms with Crippen LogP contribution in [0.3, 0.4) is 0 Å². The summed E-state index contributed by atoms with van der Waals surface area (Å²) in [7, 11) is 0. The van der Waals surface area contributed by atoms with Gasteiger partial charge in [0.15, 0.2) is 6.10 Å². The first-order valence-electron chi connectivity index (χ1n) is 13.9. The fraction of sp³-hybridized carbons (Fsp3) is 0.759. The van der Waals surface area contributed by atoms with Crippen molar-refractivity contribution in [3.63, 3.8) is 0 Å². The fourth-order valence-electron chi connectivity index (χ4n) is 4.41. The van der Waals surface area contributed by atoms with E-state index in [0.29, 0.717) is 6.54 Å². The number of benzene rings is 1. The Balaban J connectivity index is 1.99. The lowest BCUT2D eigenvalue weighted by molar-refractivity contribution is -0.151. The summed E-state index contributed by atoms with van der Waals surface area (Å²) in [5.74, 6) is -0.631. The van der Waals surface area contributed by atoms with E-state index in [1.807, 2.05) is 18.2 Å². The topological polar surface area (TPSA) is 89.8 Å². The molecule has 1 aromatic rings. The highest BCUT2D eigenvalue weighted by atomic mass is 16.4.